The molecule has 3 aliphatic rings. The average Bonchev–Trinajstić information content (AvgIpc) is 3.42. The van der Waals surface area contributed by atoms with Crippen molar-refractivity contribution < 1.29 is 69.4 Å². The molecule has 1 aromatic rings. The van der Waals surface area contributed by atoms with Gasteiger partial charge in [0.2, 0.25) is 0 Å². The molecule has 4 rings (SSSR count). The van der Waals surface area contributed by atoms with Crippen LogP contribution < -0.4 is 51.4 Å². The predicted molar refractivity (Wildman–Crippen MR) is 110 cm³/mol. The van der Waals surface area contributed by atoms with Crippen LogP contribution in [0.4, 0.5) is 13.2 Å². The average molecular weight is 448 g/mol. The third-order valence-electron chi connectivity index (χ3n) is 6.55. The number of rotatable bonds is 4. The second-order valence-electron chi connectivity index (χ2n) is 8.86. The molecule has 0 unspecified atom stereocenters. The minimum Gasteiger partial charge on any atom is -0.646 e. The fourth-order valence-corrected chi connectivity index (χ4v) is 4.53. The summed E-state index contributed by atoms with van der Waals surface area (Å²) in [5, 5.41) is 4.25. The van der Waals surface area contributed by atoms with Gasteiger partial charge >= 0.3 is 57.6 Å². The second-order valence-corrected chi connectivity index (χ2v) is 8.86. The SMILES string of the molecule is CCC1CCCC1.O=C([N-]C1CCCCC1)c1ccc(C(F)(F)F)cc1C1CC1.[K+]. The smallest absolute Gasteiger partial charge is 0.646 e. The van der Waals surface area contributed by atoms with Gasteiger partial charge in [0.05, 0.1) is 11.5 Å². The Hall–Kier alpha value is 0.116. The molecule has 0 radical (unpaired) electrons. The first kappa shape index (κ1) is 26.4. The first-order valence-electron chi connectivity index (χ1n) is 11.3. The number of amides is 1. The van der Waals surface area contributed by atoms with E-state index in [-0.39, 0.29) is 69.3 Å². The fourth-order valence-electron chi connectivity index (χ4n) is 4.53. The van der Waals surface area contributed by atoms with Gasteiger partial charge in [-0.25, -0.2) is 0 Å². The zero-order chi connectivity index (χ0) is 20.9. The molecule has 30 heavy (non-hydrogen) atoms. The van der Waals surface area contributed by atoms with Crippen molar-refractivity contribution in [1.82, 2.24) is 0 Å². The third-order valence-corrected chi connectivity index (χ3v) is 6.55. The number of hydrogen-bond donors (Lipinski definition) is 0. The molecule has 162 valence electrons. The molecule has 0 spiro atoms. The molecule has 1 amide bonds. The van der Waals surface area contributed by atoms with Gasteiger partial charge in [0.15, 0.2) is 0 Å². The summed E-state index contributed by atoms with van der Waals surface area (Å²) in [4.78, 5) is 12.4. The number of nitrogens with zero attached hydrogens (tertiary/aromatic N) is 1. The van der Waals surface area contributed by atoms with Gasteiger partial charge in [-0.05, 0) is 42.4 Å². The van der Waals surface area contributed by atoms with Crippen LogP contribution in [0, 0.1) is 5.92 Å². The van der Waals surface area contributed by atoms with Crippen LogP contribution in [0.1, 0.15) is 111 Å². The Morgan fingerprint density at radius 2 is 1.57 bits per heavy atom. The van der Waals surface area contributed by atoms with Gasteiger partial charge in [-0.15, -0.1) is 6.04 Å². The number of carbonyl (C=O) groups excluding carboxylic acids is 1. The van der Waals surface area contributed by atoms with Crippen LogP contribution in [0.15, 0.2) is 18.2 Å². The van der Waals surface area contributed by atoms with Gasteiger partial charge in [0.1, 0.15) is 0 Å². The third kappa shape index (κ3) is 7.91. The van der Waals surface area contributed by atoms with Crippen molar-refractivity contribution in [1.29, 1.82) is 0 Å². The molecule has 0 atom stereocenters. The van der Waals surface area contributed by atoms with Crippen molar-refractivity contribution in [3.63, 3.8) is 0 Å². The van der Waals surface area contributed by atoms with Gasteiger partial charge in [0, 0.05) is 5.56 Å². The molecule has 3 fully saturated rings. The number of carbonyl (C=O) groups is 1. The molecule has 0 saturated heterocycles. The molecule has 3 aliphatic carbocycles. The quantitative estimate of drug-likeness (QED) is 0.596. The molecule has 2 nitrogen and oxygen atoms in total. The van der Waals surface area contributed by atoms with Gasteiger partial charge in [0.25, 0.3) is 0 Å². The van der Waals surface area contributed by atoms with Crippen LogP contribution in [-0.4, -0.2) is 11.9 Å². The van der Waals surface area contributed by atoms with Crippen molar-refractivity contribution in [3.8, 4) is 0 Å². The van der Waals surface area contributed by atoms with Crippen LogP contribution in [0.5, 0.6) is 0 Å². The molecular weight excluding hydrogens is 414 g/mol. The van der Waals surface area contributed by atoms with Gasteiger partial charge in [-0.3, -0.25) is 0 Å². The maximum Gasteiger partial charge on any atom is 1.00 e. The monoisotopic (exact) mass is 447 g/mol. The Bertz CT molecular complexity index is 676. The van der Waals surface area contributed by atoms with Gasteiger partial charge in [-0.1, -0.05) is 77.2 Å². The molecular formula is C24H33F3KNO. The standard InChI is InChI=1S/C17H20F3NO.C7H14.K/c18-17(19,20)12-8-9-14(15(10-12)11-6-7-11)16(22)21-13-4-2-1-3-5-13;1-2-7-5-3-4-6-7;/h8-11,13H,1-7H2,(H,21,22);7H,2-6H2,1H3;/q;;+1/p-1. The van der Waals surface area contributed by atoms with Crippen LogP contribution in [-0.2, 0) is 6.18 Å². The predicted octanol–water partition coefficient (Wildman–Crippen LogP) is 5.02. The number of hydrogen-bond acceptors (Lipinski definition) is 1. The zero-order valence-corrected chi connectivity index (χ0v) is 21.6. The Labute approximate surface area is 221 Å². The zero-order valence-electron chi connectivity index (χ0n) is 18.4. The van der Waals surface area contributed by atoms with Crippen molar-refractivity contribution in [2.45, 2.75) is 102 Å². The molecule has 1 aromatic carbocycles. The summed E-state index contributed by atoms with van der Waals surface area (Å²) in [5.74, 6) is 0.838. The van der Waals surface area contributed by atoms with Gasteiger partial charge < -0.3 is 10.1 Å². The first-order chi connectivity index (χ1) is 13.9. The van der Waals surface area contributed by atoms with E-state index in [9.17, 15) is 18.0 Å². The topological polar surface area (TPSA) is 31.2 Å². The van der Waals surface area contributed by atoms with E-state index in [2.05, 4.69) is 12.2 Å². The summed E-state index contributed by atoms with van der Waals surface area (Å²) in [6.45, 7) is 2.30. The summed E-state index contributed by atoms with van der Waals surface area (Å²) in [5.41, 5.74) is 0.212. The largest absolute Gasteiger partial charge is 1.00 e. The van der Waals surface area contributed by atoms with E-state index in [0.717, 1.165) is 56.6 Å². The minimum atomic E-state index is -4.37. The first-order valence-corrected chi connectivity index (χ1v) is 11.3. The number of halogens is 3. The van der Waals surface area contributed by atoms with Crippen molar-refractivity contribution in [2.24, 2.45) is 5.92 Å². The number of benzene rings is 1. The fraction of sp³-hybridized carbons (Fsp3) is 0.708. The molecule has 0 bridgehead atoms. The second kappa shape index (κ2) is 12.4. The molecule has 3 saturated carbocycles. The van der Waals surface area contributed by atoms with E-state index in [1.807, 2.05) is 0 Å². The molecule has 0 aromatic heterocycles. The summed E-state index contributed by atoms with van der Waals surface area (Å²) in [7, 11) is 0. The Kier molecular flexibility index (Phi) is 10.9. The minimum absolute atomic E-state index is 0. The van der Waals surface area contributed by atoms with E-state index in [4.69, 9.17) is 0 Å². The summed E-state index contributed by atoms with van der Waals surface area (Å²) in [6.07, 6.45) is 9.91. The maximum atomic E-state index is 12.8. The number of alkyl halides is 3. The Morgan fingerprint density at radius 3 is 2.07 bits per heavy atom. The van der Waals surface area contributed by atoms with Crippen LogP contribution in [0.3, 0.4) is 0 Å². The molecule has 0 heterocycles. The van der Waals surface area contributed by atoms with Crippen LogP contribution >= 0.6 is 0 Å². The van der Waals surface area contributed by atoms with Crippen molar-refractivity contribution in [2.75, 3.05) is 0 Å². The Morgan fingerprint density at radius 1 is 0.967 bits per heavy atom. The van der Waals surface area contributed by atoms with Crippen molar-refractivity contribution >= 4 is 5.91 Å². The van der Waals surface area contributed by atoms with E-state index in [0.29, 0.717) is 11.1 Å². The van der Waals surface area contributed by atoms with E-state index >= 15 is 0 Å². The van der Waals surface area contributed by atoms with Crippen LogP contribution in [0.2, 0.25) is 0 Å². The van der Waals surface area contributed by atoms with Crippen molar-refractivity contribution in [3.05, 3.63) is 40.2 Å². The van der Waals surface area contributed by atoms with E-state index < -0.39 is 11.7 Å². The molecule has 6 heteroatoms. The van der Waals surface area contributed by atoms with Crippen LogP contribution in [0.25, 0.3) is 5.32 Å². The normalized spacial score (nSPS) is 20.1. The van der Waals surface area contributed by atoms with Gasteiger partial charge in [-0.2, -0.15) is 13.2 Å². The molecule has 0 aliphatic heterocycles. The van der Waals surface area contributed by atoms with E-state index in [1.54, 1.807) is 0 Å². The van der Waals surface area contributed by atoms with E-state index in [1.165, 1.54) is 44.6 Å². The molecule has 0 N–H and O–H groups in total. The Balaban J connectivity index is 0.000000341. The summed E-state index contributed by atoms with van der Waals surface area (Å²) >= 11 is 0. The summed E-state index contributed by atoms with van der Waals surface area (Å²) < 4.78 is 38.5. The maximum absolute atomic E-state index is 12.8. The summed E-state index contributed by atoms with van der Waals surface area (Å²) in [6, 6.07) is 3.48.